The van der Waals surface area contributed by atoms with E-state index in [9.17, 15) is 0 Å². The zero-order valence-corrected chi connectivity index (χ0v) is 12.8. The normalized spacial score (nSPS) is 11.4. The summed E-state index contributed by atoms with van der Waals surface area (Å²) in [5.74, 6) is 0. The SMILES string of the molecule is CNCc1cn(CCN(CCCOC)CCOC)nn1. The third-order valence-corrected chi connectivity index (χ3v) is 3.02. The van der Waals surface area contributed by atoms with Crippen LogP contribution in [0.15, 0.2) is 6.20 Å². The van der Waals surface area contributed by atoms with Gasteiger partial charge in [-0.3, -0.25) is 9.58 Å². The maximum atomic E-state index is 5.15. The quantitative estimate of drug-likeness (QED) is 0.545. The summed E-state index contributed by atoms with van der Waals surface area (Å²) in [7, 11) is 5.37. The molecule has 1 rings (SSSR count). The van der Waals surface area contributed by atoms with Crippen LogP contribution in [0, 0.1) is 0 Å². The number of hydrogen-bond acceptors (Lipinski definition) is 6. The van der Waals surface area contributed by atoms with Gasteiger partial charge in [0.25, 0.3) is 0 Å². The van der Waals surface area contributed by atoms with Crippen LogP contribution in [-0.4, -0.2) is 74.0 Å². The smallest absolute Gasteiger partial charge is 0.0964 e. The Labute approximate surface area is 121 Å². The minimum atomic E-state index is 0.745. The molecular weight excluding hydrogens is 258 g/mol. The first-order valence-electron chi connectivity index (χ1n) is 7.04. The summed E-state index contributed by atoms with van der Waals surface area (Å²) < 4.78 is 12.1. The summed E-state index contributed by atoms with van der Waals surface area (Å²) in [6.45, 7) is 6.01. The minimum Gasteiger partial charge on any atom is -0.385 e. The lowest BCUT2D eigenvalue weighted by Gasteiger charge is -2.21. The van der Waals surface area contributed by atoms with Gasteiger partial charge in [0.1, 0.15) is 0 Å². The Morgan fingerprint density at radius 3 is 2.70 bits per heavy atom. The number of nitrogens with zero attached hydrogens (tertiary/aromatic N) is 4. The molecule has 0 amide bonds. The molecule has 0 fully saturated rings. The molecule has 0 aliphatic heterocycles. The van der Waals surface area contributed by atoms with Gasteiger partial charge in [-0.15, -0.1) is 5.10 Å². The van der Waals surface area contributed by atoms with Crippen LogP contribution in [0.25, 0.3) is 0 Å². The van der Waals surface area contributed by atoms with Gasteiger partial charge in [0.05, 0.1) is 18.8 Å². The number of rotatable bonds is 12. The fraction of sp³-hybridized carbons (Fsp3) is 0.846. The predicted molar refractivity (Wildman–Crippen MR) is 77.6 cm³/mol. The second kappa shape index (κ2) is 10.7. The average Bonchev–Trinajstić information content (AvgIpc) is 2.89. The summed E-state index contributed by atoms with van der Waals surface area (Å²) in [4.78, 5) is 2.36. The second-order valence-electron chi connectivity index (χ2n) is 4.68. The molecule has 1 aromatic heterocycles. The molecule has 7 heteroatoms. The van der Waals surface area contributed by atoms with Crippen molar-refractivity contribution in [1.82, 2.24) is 25.2 Å². The van der Waals surface area contributed by atoms with Gasteiger partial charge in [-0.05, 0) is 13.5 Å². The predicted octanol–water partition coefficient (Wildman–Crippen LogP) is -0.0176. The van der Waals surface area contributed by atoms with Crippen molar-refractivity contribution in [2.75, 3.05) is 54.1 Å². The van der Waals surface area contributed by atoms with Crippen molar-refractivity contribution in [2.24, 2.45) is 0 Å². The van der Waals surface area contributed by atoms with Gasteiger partial charge in [0.15, 0.2) is 0 Å². The molecule has 0 spiro atoms. The largest absolute Gasteiger partial charge is 0.385 e. The van der Waals surface area contributed by atoms with E-state index in [2.05, 4.69) is 20.5 Å². The van der Waals surface area contributed by atoms with Crippen molar-refractivity contribution in [1.29, 1.82) is 0 Å². The second-order valence-corrected chi connectivity index (χ2v) is 4.68. The summed E-state index contributed by atoms with van der Waals surface area (Å²) in [6.07, 6.45) is 3.02. The Bertz CT molecular complexity index is 345. The van der Waals surface area contributed by atoms with E-state index in [0.29, 0.717) is 0 Å². The standard InChI is InChI=1S/C13H27N5O2/c1-14-11-13-12-18(16-15-13)7-6-17(8-10-20-3)5-4-9-19-2/h12,14H,4-11H2,1-3H3. The molecule has 0 aliphatic rings. The van der Waals surface area contributed by atoms with Crippen molar-refractivity contribution < 1.29 is 9.47 Å². The zero-order chi connectivity index (χ0) is 14.6. The van der Waals surface area contributed by atoms with Crippen LogP contribution in [0.2, 0.25) is 0 Å². The maximum absolute atomic E-state index is 5.15. The average molecular weight is 285 g/mol. The first-order chi connectivity index (χ1) is 9.80. The van der Waals surface area contributed by atoms with Crippen molar-refractivity contribution in [3.05, 3.63) is 11.9 Å². The van der Waals surface area contributed by atoms with Gasteiger partial charge in [0.2, 0.25) is 0 Å². The molecule has 0 atom stereocenters. The summed E-state index contributed by atoms with van der Waals surface area (Å²) in [6, 6.07) is 0. The Kier molecular flexibility index (Phi) is 9.14. The highest BCUT2D eigenvalue weighted by atomic mass is 16.5. The maximum Gasteiger partial charge on any atom is 0.0964 e. The van der Waals surface area contributed by atoms with E-state index in [4.69, 9.17) is 9.47 Å². The molecule has 20 heavy (non-hydrogen) atoms. The Balaban J connectivity index is 2.34. The molecule has 0 unspecified atom stereocenters. The highest BCUT2D eigenvalue weighted by Crippen LogP contribution is 1.97. The van der Waals surface area contributed by atoms with Gasteiger partial charge < -0.3 is 14.8 Å². The van der Waals surface area contributed by atoms with Crippen LogP contribution in [0.4, 0.5) is 0 Å². The fourth-order valence-corrected chi connectivity index (χ4v) is 1.94. The molecular formula is C13H27N5O2. The summed E-state index contributed by atoms with van der Waals surface area (Å²) >= 11 is 0. The molecule has 0 aliphatic carbocycles. The summed E-state index contributed by atoms with van der Waals surface area (Å²) in [5, 5.41) is 11.3. The number of methoxy groups -OCH3 is 2. The molecule has 7 nitrogen and oxygen atoms in total. The number of hydrogen-bond donors (Lipinski definition) is 1. The van der Waals surface area contributed by atoms with E-state index < -0.39 is 0 Å². The van der Waals surface area contributed by atoms with Crippen molar-refractivity contribution in [3.63, 3.8) is 0 Å². The lowest BCUT2D eigenvalue weighted by atomic mass is 10.3. The topological polar surface area (TPSA) is 64.4 Å². The lowest BCUT2D eigenvalue weighted by Crippen LogP contribution is -2.32. The molecule has 1 N–H and O–H groups in total. The van der Waals surface area contributed by atoms with Gasteiger partial charge >= 0.3 is 0 Å². The zero-order valence-electron chi connectivity index (χ0n) is 12.8. The van der Waals surface area contributed by atoms with Gasteiger partial charge in [0, 0.05) is 53.2 Å². The first-order valence-corrected chi connectivity index (χ1v) is 7.04. The van der Waals surface area contributed by atoms with Gasteiger partial charge in [-0.2, -0.15) is 0 Å². The van der Waals surface area contributed by atoms with Crippen LogP contribution < -0.4 is 5.32 Å². The van der Waals surface area contributed by atoms with Crippen LogP contribution >= 0.6 is 0 Å². The lowest BCUT2D eigenvalue weighted by molar-refractivity contribution is 0.130. The van der Waals surface area contributed by atoms with Crippen LogP contribution in [-0.2, 0) is 22.6 Å². The first kappa shape index (κ1) is 17.0. The van der Waals surface area contributed by atoms with Gasteiger partial charge in [-0.1, -0.05) is 5.21 Å². The minimum absolute atomic E-state index is 0.745. The molecule has 0 bridgehead atoms. The van der Waals surface area contributed by atoms with Crippen molar-refractivity contribution in [3.8, 4) is 0 Å². The molecule has 116 valence electrons. The van der Waals surface area contributed by atoms with E-state index in [1.807, 2.05) is 17.9 Å². The van der Waals surface area contributed by atoms with E-state index in [1.165, 1.54) is 0 Å². The molecule has 0 saturated carbocycles. The third-order valence-electron chi connectivity index (χ3n) is 3.02. The van der Waals surface area contributed by atoms with E-state index >= 15 is 0 Å². The highest BCUT2D eigenvalue weighted by Gasteiger charge is 2.06. The monoisotopic (exact) mass is 285 g/mol. The van der Waals surface area contributed by atoms with Crippen molar-refractivity contribution in [2.45, 2.75) is 19.5 Å². The molecule has 0 aromatic carbocycles. The van der Waals surface area contributed by atoms with Gasteiger partial charge in [-0.25, -0.2) is 0 Å². The van der Waals surface area contributed by atoms with Crippen molar-refractivity contribution >= 4 is 0 Å². The molecule has 1 aromatic rings. The molecule has 1 heterocycles. The third kappa shape index (κ3) is 6.95. The Morgan fingerprint density at radius 1 is 1.20 bits per heavy atom. The Hall–Kier alpha value is -1.02. The number of aromatic nitrogens is 3. The van der Waals surface area contributed by atoms with Crippen LogP contribution in [0.3, 0.4) is 0 Å². The molecule has 0 saturated heterocycles. The van der Waals surface area contributed by atoms with E-state index in [-0.39, 0.29) is 0 Å². The van der Waals surface area contributed by atoms with E-state index in [0.717, 1.165) is 58.1 Å². The summed E-state index contributed by atoms with van der Waals surface area (Å²) in [5.41, 5.74) is 0.968. The fourth-order valence-electron chi connectivity index (χ4n) is 1.94. The number of ether oxygens (including phenoxy) is 2. The molecule has 0 radical (unpaired) electrons. The van der Waals surface area contributed by atoms with E-state index in [1.54, 1.807) is 14.2 Å². The number of nitrogens with one attached hydrogen (secondary N) is 1. The highest BCUT2D eigenvalue weighted by molar-refractivity contribution is 4.91. The van der Waals surface area contributed by atoms with Crippen LogP contribution in [0.1, 0.15) is 12.1 Å². The van der Waals surface area contributed by atoms with Crippen LogP contribution in [0.5, 0.6) is 0 Å². The Morgan fingerprint density at radius 2 is 2.00 bits per heavy atom.